The van der Waals surface area contributed by atoms with Gasteiger partial charge in [0.1, 0.15) is 17.3 Å². The summed E-state index contributed by atoms with van der Waals surface area (Å²) in [6.45, 7) is 2.58. The molecule has 0 atom stereocenters. The predicted molar refractivity (Wildman–Crippen MR) is 117 cm³/mol. The summed E-state index contributed by atoms with van der Waals surface area (Å²) in [4.78, 5) is 27.7. The fourth-order valence-corrected chi connectivity index (χ4v) is 3.43. The number of carbonyl (C=O) groups excluding carboxylic acids is 2. The molecule has 156 valence electrons. The van der Waals surface area contributed by atoms with E-state index in [-0.39, 0.29) is 29.5 Å². The molecular formula is C25H21FN2O3. The molecule has 0 bridgehead atoms. The molecule has 1 aliphatic rings. The van der Waals surface area contributed by atoms with Crippen molar-refractivity contribution in [2.45, 2.75) is 13.5 Å². The van der Waals surface area contributed by atoms with Crippen molar-refractivity contribution in [2.75, 3.05) is 11.9 Å². The van der Waals surface area contributed by atoms with Gasteiger partial charge >= 0.3 is 0 Å². The highest BCUT2D eigenvalue weighted by atomic mass is 19.1. The van der Waals surface area contributed by atoms with Crippen molar-refractivity contribution >= 4 is 23.1 Å². The average Bonchev–Trinajstić information content (AvgIpc) is 3.01. The monoisotopic (exact) mass is 416 g/mol. The van der Waals surface area contributed by atoms with Crippen LogP contribution in [0.5, 0.6) is 5.75 Å². The van der Waals surface area contributed by atoms with Gasteiger partial charge in [-0.1, -0.05) is 42.5 Å². The Bertz CT molecular complexity index is 1120. The summed E-state index contributed by atoms with van der Waals surface area (Å²) in [6.07, 6.45) is 0. The van der Waals surface area contributed by atoms with Crippen LogP contribution in [0.25, 0.3) is 5.57 Å². The van der Waals surface area contributed by atoms with E-state index in [9.17, 15) is 14.0 Å². The zero-order chi connectivity index (χ0) is 21.8. The fourth-order valence-electron chi connectivity index (χ4n) is 3.43. The maximum Gasteiger partial charge on any atom is 0.278 e. The number of amides is 2. The van der Waals surface area contributed by atoms with Crippen molar-refractivity contribution in [3.8, 4) is 5.75 Å². The summed E-state index contributed by atoms with van der Waals surface area (Å²) >= 11 is 0. The first-order valence-corrected chi connectivity index (χ1v) is 9.97. The van der Waals surface area contributed by atoms with Crippen molar-refractivity contribution in [3.63, 3.8) is 0 Å². The molecule has 0 radical (unpaired) electrons. The first-order valence-electron chi connectivity index (χ1n) is 9.97. The van der Waals surface area contributed by atoms with Crippen LogP contribution in [0.4, 0.5) is 10.1 Å². The van der Waals surface area contributed by atoms with Crippen LogP contribution in [0.3, 0.4) is 0 Å². The van der Waals surface area contributed by atoms with Crippen molar-refractivity contribution in [2.24, 2.45) is 0 Å². The molecule has 31 heavy (non-hydrogen) atoms. The quantitative estimate of drug-likeness (QED) is 0.571. The standard InChI is InChI=1S/C25H21FN2O3/c1-2-31-21-14-8-18(9-15-21)22-23(27-20-12-10-19(26)11-13-20)25(30)28(24(22)29)16-17-6-4-3-5-7-17/h3-15,27H,2,16H2,1H3. The molecule has 5 nitrogen and oxygen atoms in total. The Kier molecular flexibility index (Phi) is 5.80. The Balaban J connectivity index is 1.71. The summed E-state index contributed by atoms with van der Waals surface area (Å²) in [7, 11) is 0. The van der Waals surface area contributed by atoms with Crippen LogP contribution in [-0.2, 0) is 16.1 Å². The SMILES string of the molecule is CCOc1ccc(C2=C(Nc3ccc(F)cc3)C(=O)N(Cc3ccccc3)C2=O)cc1. The molecule has 3 aromatic rings. The second-order valence-electron chi connectivity index (χ2n) is 7.02. The van der Waals surface area contributed by atoms with Crippen LogP contribution < -0.4 is 10.1 Å². The van der Waals surface area contributed by atoms with Gasteiger partial charge in [0.25, 0.3) is 11.8 Å². The molecular weight excluding hydrogens is 395 g/mol. The Hall–Kier alpha value is -3.93. The number of imide groups is 1. The fraction of sp³-hybridized carbons (Fsp3) is 0.120. The van der Waals surface area contributed by atoms with Gasteiger partial charge in [0.05, 0.1) is 18.7 Å². The van der Waals surface area contributed by atoms with Gasteiger partial charge in [-0.3, -0.25) is 14.5 Å². The molecule has 1 aliphatic heterocycles. The van der Waals surface area contributed by atoms with E-state index in [0.29, 0.717) is 23.6 Å². The number of rotatable bonds is 7. The highest BCUT2D eigenvalue weighted by Gasteiger charge is 2.39. The first kappa shape index (κ1) is 20.3. The second-order valence-corrected chi connectivity index (χ2v) is 7.02. The lowest BCUT2D eigenvalue weighted by atomic mass is 10.0. The summed E-state index contributed by atoms with van der Waals surface area (Å²) < 4.78 is 18.8. The lowest BCUT2D eigenvalue weighted by molar-refractivity contribution is -0.137. The van der Waals surface area contributed by atoms with E-state index >= 15 is 0 Å². The van der Waals surface area contributed by atoms with Crippen molar-refractivity contribution < 1.29 is 18.7 Å². The Morgan fingerprint density at radius 1 is 0.871 bits per heavy atom. The van der Waals surface area contributed by atoms with Crippen molar-refractivity contribution in [3.05, 3.63) is 102 Å². The normalized spacial score (nSPS) is 13.7. The molecule has 0 spiro atoms. The van der Waals surface area contributed by atoms with E-state index < -0.39 is 5.91 Å². The minimum atomic E-state index is -0.429. The summed E-state index contributed by atoms with van der Waals surface area (Å²) in [5.41, 5.74) is 2.40. The van der Waals surface area contributed by atoms with Gasteiger partial charge in [-0.15, -0.1) is 0 Å². The second kappa shape index (κ2) is 8.83. The number of ether oxygens (including phenoxy) is 1. The lowest BCUT2D eigenvalue weighted by Gasteiger charge is -2.15. The molecule has 0 aliphatic carbocycles. The Morgan fingerprint density at radius 2 is 1.55 bits per heavy atom. The molecule has 0 saturated carbocycles. The van der Waals surface area contributed by atoms with Gasteiger partial charge in [-0.25, -0.2) is 4.39 Å². The first-order chi connectivity index (χ1) is 15.1. The van der Waals surface area contributed by atoms with Gasteiger partial charge in [-0.05, 0) is 54.4 Å². The largest absolute Gasteiger partial charge is 0.494 e. The van der Waals surface area contributed by atoms with Crippen LogP contribution >= 0.6 is 0 Å². The average molecular weight is 416 g/mol. The number of nitrogens with zero attached hydrogens (tertiary/aromatic N) is 1. The Morgan fingerprint density at radius 3 is 2.19 bits per heavy atom. The van der Waals surface area contributed by atoms with E-state index in [0.717, 1.165) is 5.56 Å². The summed E-state index contributed by atoms with van der Waals surface area (Å²) in [6, 6.07) is 22.0. The van der Waals surface area contributed by atoms with Gasteiger partial charge < -0.3 is 10.1 Å². The van der Waals surface area contributed by atoms with Gasteiger partial charge in [0.2, 0.25) is 0 Å². The van der Waals surface area contributed by atoms with E-state index in [4.69, 9.17) is 4.74 Å². The minimum absolute atomic E-state index is 0.160. The molecule has 0 fully saturated rings. The van der Waals surface area contributed by atoms with Crippen LogP contribution in [0.2, 0.25) is 0 Å². The molecule has 0 saturated heterocycles. The molecule has 4 rings (SSSR count). The molecule has 0 unspecified atom stereocenters. The number of anilines is 1. The third kappa shape index (κ3) is 4.33. The third-order valence-corrected chi connectivity index (χ3v) is 4.92. The van der Waals surface area contributed by atoms with E-state index in [2.05, 4.69) is 5.32 Å². The molecule has 2 amide bonds. The number of halogens is 1. The summed E-state index contributed by atoms with van der Waals surface area (Å²) in [5.74, 6) is -0.520. The molecule has 1 heterocycles. The molecule has 1 N–H and O–H groups in total. The van der Waals surface area contributed by atoms with Crippen LogP contribution in [0.15, 0.2) is 84.6 Å². The van der Waals surface area contributed by atoms with Crippen LogP contribution in [0.1, 0.15) is 18.1 Å². The molecule has 0 aromatic heterocycles. The van der Waals surface area contributed by atoms with E-state index in [1.165, 1.54) is 29.2 Å². The summed E-state index contributed by atoms with van der Waals surface area (Å²) in [5, 5.41) is 3.02. The zero-order valence-corrected chi connectivity index (χ0v) is 17.0. The zero-order valence-electron chi connectivity index (χ0n) is 17.0. The number of nitrogens with one attached hydrogen (secondary N) is 1. The predicted octanol–water partition coefficient (Wildman–Crippen LogP) is 4.62. The van der Waals surface area contributed by atoms with Crippen molar-refractivity contribution in [1.82, 2.24) is 4.90 Å². The van der Waals surface area contributed by atoms with Gasteiger partial charge in [0.15, 0.2) is 0 Å². The third-order valence-electron chi connectivity index (χ3n) is 4.92. The highest BCUT2D eigenvalue weighted by molar-refractivity contribution is 6.36. The van der Waals surface area contributed by atoms with Gasteiger partial charge in [0, 0.05) is 5.69 Å². The minimum Gasteiger partial charge on any atom is -0.494 e. The smallest absolute Gasteiger partial charge is 0.278 e. The van der Waals surface area contributed by atoms with Gasteiger partial charge in [-0.2, -0.15) is 0 Å². The number of hydrogen-bond acceptors (Lipinski definition) is 4. The van der Waals surface area contributed by atoms with Crippen molar-refractivity contribution in [1.29, 1.82) is 0 Å². The van der Waals surface area contributed by atoms with E-state index in [1.807, 2.05) is 37.3 Å². The molecule has 6 heteroatoms. The van der Waals surface area contributed by atoms with Crippen LogP contribution in [0, 0.1) is 5.82 Å². The number of carbonyl (C=O) groups is 2. The lowest BCUT2D eigenvalue weighted by Crippen LogP contribution is -2.31. The van der Waals surface area contributed by atoms with Crippen LogP contribution in [-0.4, -0.2) is 23.3 Å². The highest BCUT2D eigenvalue weighted by Crippen LogP contribution is 2.32. The number of benzene rings is 3. The number of hydrogen-bond donors (Lipinski definition) is 1. The maximum atomic E-state index is 13.3. The topological polar surface area (TPSA) is 58.6 Å². The maximum absolute atomic E-state index is 13.3. The molecule has 3 aromatic carbocycles. The Labute approximate surface area is 179 Å². The van der Waals surface area contributed by atoms with E-state index in [1.54, 1.807) is 24.3 Å².